The van der Waals surface area contributed by atoms with Gasteiger partial charge in [0.25, 0.3) is 0 Å². The number of amides is 1. The summed E-state index contributed by atoms with van der Waals surface area (Å²) in [6.45, 7) is 6.83. The number of para-hydroxylation sites is 2. The summed E-state index contributed by atoms with van der Waals surface area (Å²) < 4.78 is 40.1. The Morgan fingerprint density at radius 2 is 1.82 bits per heavy atom. The highest BCUT2D eigenvalue weighted by Gasteiger charge is 2.35. The lowest BCUT2D eigenvalue weighted by molar-refractivity contribution is -0.135. The molecule has 2 heterocycles. The summed E-state index contributed by atoms with van der Waals surface area (Å²) in [6.07, 6.45) is 1.40. The molecule has 0 spiro atoms. The van der Waals surface area contributed by atoms with Crippen molar-refractivity contribution < 1.29 is 22.7 Å². The van der Waals surface area contributed by atoms with Gasteiger partial charge in [-0.3, -0.25) is 4.79 Å². The molecule has 4 rings (SSSR count). The average Bonchev–Trinajstić information content (AvgIpc) is 3.39. The quantitative estimate of drug-likeness (QED) is 0.320. The van der Waals surface area contributed by atoms with Crippen LogP contribution < -0.4 is 9.47 Å². The van der Waals surface area contributed by atoms with Crippen LogP contribution in [0.25, 0.3) is 0 Å². The van der Waals surface area contributed by atoms with Gasteiger partial charge in [-0.25, -0.2) is 8.42 Å². The van der Waals surface area contributed by atoms with Crippen molar-refractivity contribution in [3.8, 4) is 11.5 Å². The third-order valence-electron chi connectivity index (χ3n) is 6.81. The predicted molar refractivity (Wildman–Crippen MR) is 150 cm³/mol. The number of hydrogen-bond acceptors (Lipinski definition) is 6. The summed E-state index contributed by atoms with van der Waals surface area (Å²) in [4.78, 5) is 17.0. The van der Waals surface area contributed by atoms with Crippen LogP contribution in [0.2, 0.25) is 0 Å². The maximum atomic E-state index is 13.8. The number of carbonyl (C=O) groups excluding carboxylic acids is 1. The molecule has 1 atom stereocenters. The number of aryl methyl sites for hydroxylation is 1. The number of methoxy groups -OCH3 is 1. The van der Waals surface area contributed by atoms with Gasteiger partial charge in [-0.05, 0) is 67.0 Å². The van der Waals surface area contributed by atoms with Gasteiger partial charge in [-0.15, -0.1) is 11.3 Å². The molecule has 0 bridgehead atoms. The average molecular weight is 557 g/mol. The first-order valence-corrected chi connectivity index (χ1v) is 15.2. The Hall–Kier alpha value is -2.88. The van der Waals surface area contributed by atoms with Crippen molar-refractivity contribution in [2.45, 2.75) is 44.6 Å². The second kappa shape index (κ2) is 12.3. The van der Waals surface area contributed by atoms with Crippen LogP contribution in [0.5, 0.6) is 11.5 Å². The van der Waals surface area contributed by atoms with Crippen molar-refractivity contribution in [2.75, 3.05) is 33.4 Å². The largest absolute Gasteiger partial charge is 0.493 e. The van der Waals surface area contributed by atoms with Gasteiger partial charge < -0.3 is 14.4 Å². The molecular weight excluding hydrogens is 520 g/mol. The summed E-state index contributed by atoms with van der Waals surface area (Å²) in [5, 5.41) is 2.03. The molecule has 204 valence electrons. The van der Waals surface area contributed by atoms with Gasteiger partial charge in [0, 0.05) is 18.0 Å². The second-order valence-electron chi connectivity index (χ2n) is 9.95. The highest BCUT2D eigenvalue weighted by molar-refractivity contribution is 7.89. The minimum Gasteiger partial charge on any atom is -0.493 e. The molecule has 1 unspecified atom stereocenters. The van der Waals surface area contributed by atoms with Gasteiger partial charge in [-0.1, -0.05) is 43.7 Å². The van der Waals surface area contributed by atoms with E-state index < -0.39 is 10.0 Å². The molecule has 0 radical (unpaired) electrons. The number of benzene rings is 2. The predicted octanol–water partition coefficient (Wildman–Crippen LogP) is 5.31. The molecule has 1 aliphatic heterocycles. The molecule has 1 amide bonds. The normalized spacial score (nSPS) is 15.5. The van der Waals surface area contributed by atoms with E-state index in [0.29, 0.717) is 30.4 Å². The molecule has 1 aliphatic rings. The molecule has 38 heavy (non-hydrogen) atoms. The molecule has 3 aromatic rings. The Labute approximate surface area is 230 Å². The van der Waals surface area contributed by atoms with E-state index in [1.54, 1.807) is 47.6 Å². The van der Waals surface area contributed by atoms with Gasteiger partial charge in [-0.2, -0.15) is 4.31 Å². The third kappa shape index (κ3) is 6.39. The minimum atomic E-state index is -3.84. The number of hydrogen-bond donors (Lipinski definition) is 0. The molecule has 0 saturated heterocycles. The third-order valence-corrected chi connectivity index (χ3v) is 9.66. The van der Waals surface area contributed by atoms with E-state index in [-0.39, 0.29) is 36.5 Å². The Kier molecular flexibility index (Phi) is 9.12. The number of ether oxygens (including phenoxy) is 2. The summed E-state index contributed by atoms with van der Waals surface area (Å²) in [7, 11) is -2.25. The van der Waals surface area contributed by atoms with E-state index in [9.17, 15) is 13.2 Å². The van der Waals surface area contributed by atoms with Crippen molar-refractivity contribution >= 4 is 27.3 Å². The van der Waals surface area contributed by atoms with Crippen LogP contribution in [0.3, 0.4) is 0 Å². The van der Waals surface area contributed by atoms with E-state index in [1.165, 1.54) is 9.18 Å². The molecule has 0 fully saturated rings. The zero-order valence-corrected chi connectivity index (χ0v) is 24.1. The van der Waals surface area contributed by atoms with E-state index in [4.69, 9.17) is 9.47 Å². The van der Waals surface area contributed by atoms with E-state index in [2.05, 4.69) is 0 Å². The fraction of sp³-hybridized carbons (Fsp3) is 0.414. The number of fused-ring (bicyclic) bond motifs is 1. The van der Waals surface area contributed by atoms with Gasteiger partial charge >= 0.3 is 0 Å². The monoisotopic (exact) mass is 556 g/mol. The first-order chi connectivity index (χ1) is 18.2. The van der Waals surface area contributed by atoms with Crippen molar-refractivity contribution in [1.29, 1.82) is 0 Å². The highest BCUT2D eigenvalue weighted by atomic mass is 32.2. The Balaban J connectivity index is 1.58. The fourth-order valence-electron chi connectivity index (χ4n) is 4.57. The van der Waals surface area contributed by atoms with Crippen molar-refractivity contribution in [1.82, 2.24) is 9.21 Å². The Bertz CT molecular complexity index is 1340. The SMILES string of the molecule is COc1ccccc1OCC1c2ccsc2CCN1C(=O)CN(CCC(C)C)S(=O)(=O)c1ccc(C)cc1. The van der Waals surface area contributed by atoms with Crippen molar-refractivity contribution in [2.24, 2.45) is 5.92 Å². The van der Waals surface area contributed by atoms with Gasteiger partial charge in [0.05, 0.1) is 24.6 Å². The standard InChI is InChI=1S/C29H36N2O5S2/c1-21(2)13-16-30(38(33,34)23-11-9-22(3)10-12-23)19-29(32)31-17-14-28-24(15-18-37-28)25(31)20-36-27-8-6-5-7-26(27)35-4/h5-12,15,18,21,25H,13-14,16-17,19-20H2,1-4H3. The molecule has 2 aromatic carbocycles. The maximum absolute atomic E-state index is 13.8. The van der Waals surface area contributed by atoms with Crippen LogP contribution in [0.4, 0.5) is 0 Å². The van der Waals surface area contributed by atoms with Crippen LogP contribution in [-0.2, 0) is 21.2 Å². The molecule has 0 aliphatic carbocycles. The molecule has 7 nitrogen and oxygen atoms in total. The van der Waals surface area contributed by atoms with Crippen LogP contribution in [0.1, 0.15) is 42.3 Å². The van der Waals surface area contributed by atoms with Crippen molar-refractivity contribution in [3.63, 3.8) is 0 Å². The number of thiophene rings is 1. The van der Waals surface area contributed by atoms with Crippen molar-refractivity contribution in [3.05, 3.63) is 76.0 Å². The molecule has 9 heteroatoms. The molecule has 1 aromatic heterocycles. The number of nitrogens with zero attached hydrogens (tertiary/aromatic N) is 2. The fourth-order valence-corrected chi connectivity index (χ4v) is 6.90. The first-order valence-electron chi connectivity index (χ1n) is 12.9. The first kappa shape index (κ1) is 28.1. The zero-order valence-electron chi connectivity index (χ0n) is 22.4. The number of sulfonamides is 1. The molecule has 0 saturated carbocycles. The zero-order chi connectivity index (χ0) is 27.3. The summed E-state index contributed by atoms with van der Waals surface area (Å²) >= 11 is 1.68. The maximum Gasteiger partial charge on any atom is 0.243 e. The van der Waals surface area contributed by atoms with Gasteiger partial charge in [0.15, 0.2) is 11.5 Å². The van der Waals surface area contributed by atoms with Crippen LogP contribution in [0, 0.1) is 12.8 Å². The topological polar surface area (TPSA) is 76.2 Å². The lowest BCUT2D eigenvalue weighted by atomic mass is 10.0. The lowest BCUT2D eigenvalue weighted by Crippen LogP contribution is -2.48. The summed E-state index contributed by atoms with van der Waals surface area (Å²) in [5.41, 5.74) is 2.03. The number of carbonyl (C=O) groups is 1. The van der Waals surface area contributed by atoms with E-state index in [1.807, 2.05) is 56.5 Å². The molecular formula is C29H36N2O5S2. The second-order valence-corrected chi connectivity index (χ2v) is 12.9. The Morgan fingerprint density at radius 3 is 2.50 bits per heavy atom. The van der Waals surface area contributed by atoms with E-state index in [0.717, 1.165) is 17.5 Å². The highest BCUT2D eigenvalue weighted by Crippen LogP contribution is 2.35. The molecule has 0 N–H and O–H groups in total. The summed E-state index contributed by atoms with van der Waals surface area (Å²) in [5.74, 6) is 1.29. The lowest BCUT2D eigenvalue weighted by Gasteiger charge is -2.37. The van der Waals surface area contributed by atoms with Crippen LogP contribution in [0.15, 0.2) is 64.9 Å². The Morgan fingerprint density at radius 1 is 1.11 bits per heavy atom. The van der Waals surface area contributed by atoms with E-state index >= 15 is 0 Å². The van der Waals surface area contributed by atoms with Crippen LogP contribution in [-0.4, -0.2) is 56.9 Å². The minimum absolute atomic E-state index is 0.203. The van der Waals surface area contributed by atoms with Gasteiger partial charge in [0.2, 0.25) is 15.9 Å². The summed E-state index contributed by atoms with van der Waals surface area (Å²) in [6, 6.07) is 15.9. The smallest absolute Gasteiger partial charge is 0.243 e. The van der Waals surface area contributed by atoms with Crippen LogP contribution >= 0.6 is 11.3 Å². The van der Waals surface area contributed by atoms with Gasteiger partial charge in [0.1, 0.15) is 6.61 Å². The number of rotatable bonds is 11.